The van der Waals surface area contributed by atoms with Gasteiger partial charge >= 0.3 is 39.5 Å². The van der Waals surface area contributed by atoms with Crippen LogP contribution in [-0.2, 0) is 65.4 Å². The Hall–Kier alpha value is -1.94. The molecule has 564 valence electrons. The van der Waals surface area contributed by atoms with E-state index in [4.69, 9.17) is 37.0 Å². The highest BCUT2D eigenvalue weighted by Crippen LogP contribution is 2.45. The van der Waals surface area contributed by atoms with Gasteiger partial charge in [0, 0.05) is 25.7 Å². The topological polar surface area (TPSA) is 237 Å². The number of aliphatic hydroxyl groups excluding tert-OH is 1. The lowest BCUT2D eigenvalue weighted by Crippen LogP contribution is -2.30. The molecule has 0 aliphatic carbocycles. The SMILES string of the molecule is CCCCCCCCCCCCCCCCC(=O)OC[C@H](COP(=O)(O)OC[C@@H](O)COP(=O)(O)OC[C@@H](COC(=O)CCCCCCCCCC(C)C)OC(=O)CCCCCCCCCCCCCCCC)OC(=O)CCCCCCCCCCCCCCCCC(C)C. The summed E-state index contributed by atoms with van der Waals surface area (Å²) in [5.74, 6) is -0.614. The zero-order valence-electron chi connectivity index (χ0n) is 62.0. The fourth-order valence-corrected chi connectivity index (χ4v) is 13.2. The highest BCUT2D eigenvalue weighted by atomic mass is 31.2. The molecule has 0 bridgehead atoms. The zero-order valence-corrected chi connectivity index (χ0v) is 63.8. The van der Waals surface area contributed by atoms with Crippen LogP contribution in [0.4, 0.5) is 0 Å². The van der Waals surface area contributed by atoms with Crippen LogP contribution < -0.4 is 0 Å². The maximum atomic E-state index is 13.1. The van der Waals surface area contributed by atoms with Crippen LogP contribution in [0.5, 0.6) is 0 Å². The molecule has 3 N–H and O–H groups in total. The predicted octanol–water partition coefficient (Wildman–Crippen LogP) is 22.3. The Morgan fingerprint density at radius 1 is 0.284 bits per heavy atom. The van der Waals surface area contributed by atoms with Gasteiger partial charge in [-0.2, -0.15) is 0 Å². The van der Waals surface area contributed by atoms with E-state index in [0.29, 0.717) is 31.6 Å². The molecule has 17 nitrogen and oxygen atoms in total. The smallest absolute Gasteiger partial charge is 0.462 e. The molecule has 0 aromatic carbocycles. The van der Waals surface area contributed by atoms with Crippen molar-refractivity contribution in [1.82, 2.24) is 0 Å². The minimum atomic E-state index is -4.96. The molecule has 19 heteroatoms. The maximum Gasteiger partial charge on any atom is 0.472 e. The molecule has 0 fully saturated rings. The van der Waals surface area contributed by atoms with Crippen LogP contribution in [-0.4, -0.2) is 96.7 Å². The molecule has 0 spiro atoms. The lowest BCUT2D eigenvalue weighted by atomic mass is 10.0. The highest BCUT2D eigenvalue weighted by Gasteiger charge is 2.30. The van der Waals surface area contributed by atoms with Gasteiger partial charge in [-0.3, -0.25) is 37.3 Å². The van der Waals surface area contributed by atoms with Crippen molar-refractivity contribution >= 4 is 39.5 Å². The van der Waals surface area contributed by atoms with E-state index in [9.17, 15) is 43.2 Å². The average Bonchev–Trinajstić information content (AvgIpc) is 1.72. The molecule has 0 saturated heterocycles. The third-order valence-electron chi connectivity index (χ3n) is 17.7. The molecular weight excluding hydrogens is 1250 g/mol. The second-order valence-electron chi connectivity index (χ2n) is 28.3. The van der Waals surface area contributed by atoms with E-state index >= 15 is 0 Å². The van der Waals surface area contributed by atoms with Crippen LogP contribution in [0, 0.1) is 11.8 Å². The zero-order chi connectivity index (χ0) is 70.0. The van der Waals surface area contributed by atoms with Crippen LogP contribution in [0.25, 0.3) is 0 Å². The van der Waals surface area contributed by atoms with Crippen LogP contribution in [0.3, 0.4) is 0 Å². The second-order valence-corrected chi connectivity index (χ2v) is 31.3. The first kappa shape index (κ1) is 93.1. The van der Waals surface area contributed by atoms with Crippen molar-refractivity contribution in [3.8, 4) is 0 Å². The molecule has 0 aromatic heterocycles. The highest BCUT2D eigenvalue weighted by molar-refractivity contribution is 7.47. The Labute approximate surface area is 581 Å². The molecule has 0 aromatic rings. The summed E-state index contributed by atoms with van der Waals surface area (Å²) in [4.78, 5) is 72.8. The van der Waals surface area contributed by atoms with E-state index in [2.05, 4.69) is 41.5 Å². The van der Waals surface area contributed by atoms with Crippen molar-refractivity contribution in [3.63, 3.8) is 0 Å². The van der Waals surface area contributed by atoms with E-state index in [-0.39, 0.29) is 25.7 Å². The average molecular weight is 1400 g/mol. The van der Waals surface area contributed by atoms with Crippen molar-refractivity contribution < 1.29 is 80.2 Å². The van der Waals surface area contributed by atoms with Gasteiger partial charge in [-0.1, -0.05) is 343 Å². The molecule has 0 aliphatic rings. The normalized spacial score (nSPS) is 14.0. The van der Waals surface area contributed by atoms with Crippen LogP contribution >= 0.6 is 15.6 Å². The number of phosphoric acid groups is 2. The summed E-state index contributed by atoms with van der Waals surface area (Å²) >= 11 is 0. The Morgan fingerprint density at radius 3 is 0.716 bits per heavy atom. The summed E-state index contributed by atoms with van der Waals surface area (Å²) in [6.07, 6.45) is 55.4. The number of unbranched alkanes of at least 4 members (excludes halogenated alkanes) is 45. The van der Waals surface area contributed by atoms with Gasteiger partial charge in [0.25, 0.3) is 0 Å². The minimum Gasteiger partial charge on any atom is -0.462 e. The van der Waals surface area contributed by atoms with Gasteiger partial charge in [-0.15, -0.1) is 0 Å². The largest absolute Gasteiger partial charge is 0.472 e. The minimum absolute atomic E-state index is 0.107. The van der Waals surface area contributed by atoms with E-state index in [0.717, 1.165) is 102 Å². The fraction of sp³-hybridized carbons (Fsp3) is 0.947. The van der Waals surface area contributed by atoms with Gasteiger partial charge in [0.2, 0.25) is 0 Å². The summed E-state index contributed by atoms with van der Waals surface area (Å²) < 4.78 is 68.5. The third-order valence-corrected chi connectivity index (χ3v) is 19.6. The van der Waals surface area contributed by atoms with Crippen molar-refractivity contribution in [2.45, 2.75) is 413 Å². The van der Waals surface area contributed by atoms with Crippen molar-refractivity contribution in [2.24, 2.45) is 11.8 Å². The monoisotopic (exact) mass is 1400 g/mol. The Morgan fingerprint density at radius 2 is 0.484 bits per heavy atom. The molecule has 5 atom stereocenters. The van der Waals surface area contributed by atoms with Gasteiger partial charge in [-0.05, 0) is 37.5 Å². The van der Waals surface area contributed by atoms with Gasteiger partial charge in [0.05, 0.1) is 26.4 Å². The molecule has 0 radical (unpaired) electrons. The molecule has 0 aliphatic heterocycles. The summed E-state index contributed by atoms with van der Waals surface area (Å²) in [5, 5.41) is 10.6. The van der Waals surface area contributed by atoms with Gasteiger partial charge in [-0.25, -0.2) is 9.13 Å². The number of phosphoric ester groups is 2. The number of carbonyl (C=O) groups excluding carboxylic acids is 4. The van der Waals surface area contributed by atoms with E-state index in [1.165, 1.54) is 205 Å². The maximum absolute atomic E-state index is 13.1. The van der Waals surface area contributed by atoms with Gasteiger partial charge < -0.3 is 33.8 Å². The molecule has 0 rings (SSSR count). The second kappa shape index (κ2) is 67.9. The first-order chi connectivity index (χ1) is 45.9. The number of carbonyl (C=O) groups is 4. The third kappa shape index (κ3) is 70.3. The Balaban J connectivity index is 5.25. The summed E-state index contributed by atoms with van der Waals surface area (Å²) in [6.45, 7) is 9.57. The standard InChI is InChI=1S/C76H148O17P2/c1-7-9-11-13-15-17-19-21-26-30-34-40-46-52-58-73(78)86-64-71(92-75(80)61-55-49-42-36-32-28-24-23-25-29-33-38-44-50-56-68(3)4)66-90-94(82,83)88-62-70(77)63-89-95(84,85)91-67-72(65-87-74(79)59-53-47-43-37-39-45-51-57-69(5)6)93-76(81)60-54-48-41-35-31-27-22-20-18-16-14-12-10-8-2/h68-72,77H,7-67H2,1-6H3,(H,82,83)(H,84,85)/t70-,71-,72-/m1/s1. The quantitative estimate of drug-likeness (QED) is 0.0222. The number of esters is 4. The molecular formula is C76H148O17P2. The number of rotatable bonds is 75. The summed E-state index contributed by atoms with van der Waals surface area (Å²) in [6, 6.07) is 0. The fourth-order valence-electron chi connectivity index (χ4n) is 11.7. The summed E-state index contributed by atoms with van der Waals surface area (Å²) in [5.41, 5.74) is 0. The van der Waals surface area contributed by atoms with Gasteiger partial charge in [0.1, 0.15) is 19.3 Å². The number of hydrogen-bond acceptors (Lipinski definition) is 15. The van der Waals surface area contributed by atoms with Crippen molar-refractivity contribution in [1.29, 1.82) is 0 Å². The molecule has 0 saturated carbocycles. The van der Waals surface area contributed by atoms with E-state index in [1.54, 1.807) is 0 Å². The molecule has 95 heavy (non-hydrogen) atoms. The van der Waals surface area contributed by atoms with Crippen LogP contribution in [0.1, 0.15) is 395 Å². The molecule has 0 amide bonds. The van der Waals surface area contributed by atoms with E-state index in [1.807, 2.05) is 0 Å². The first-order valence-electron chi connectivity index (χ1n) is 39.5. The van der Waals surface area contributed by atoms with Crippen molar-refractivity contribution in [2.75, 3.05) is 39.6 Å². The molecule has 0 heterocycles. The number of hydrogen-bond donors (Lipinski definition) is 3. The summed E-state index contributed by atoms with van der Waals surface area (Å²) in [7, 11) is -9.91. The van der Waals surface area contributed by atoms with Crippen LogP contribution in [0.15, 0.2) is 0 Å². The van der Waals surface area contributed by atoms with Crippen LogP contribution in [0.2, 0.25) is 0 Å². The van der Waals surface area contributed by atoms with Gasteiger partial charge in [0.15, 0.2) is 12.2 Å². The lowest BCUT2D eigenvalue weighted by Gasteiger charge is -2.21. The first-order valence-corrected chi connectivity index (χ1v) is 42.5. The Bertz CT molecular complexity index is 1840. The number of ether oxygens (including phenoxy) is 4. The molecule has 2 unspecified atom stereocenters. The number of aliphatic hydroxyl groups is 1. The Kier molecular flexibility index (Phi) is 66.5. The van der Waals surface area contributed by atoms with E-state index < -0.39 is 97.5 Å². The van der Waals surface area contributed by atoms with Crippen molar-refractivity contribution in [3.05, 3.63) is 0 Å². The predicted molar refractivity (Wildman–Crippen MR) is 386 cm³/mol. The lowest BCUT2D eigenvalue weighted by molar-refractivity contribution is -0.161.